The van der Waals surface area contributed by atoms with Gasteiger partial charge in [0.25, 0.3) is 5.91 Å². The minimum atomic E-state index is -0.838. The summed E-state index contributed by atoms with van der Waals surface area (Å²) in [6.45, 7) is 1.92. The molecule has 1 aliphatic heterocycles. The fraction of sp³-hybridized carbons (Fsp3) is 0.190. The van der Waals surface area contributed by atoms with Crippen molar-refractivity contribution in [2.75, 3.05) is 10.6 Å². The molecule has 0 radical (unpaired) electrons. The number of nitrogens with zero attached hydrogens (tertiary/aromatic N) is 2. The summed E-state index contributed by atoms with van der Waals surface area (Å²) in [5.41, 5.74) is 2.49. The molecular formula is C21H17ClF2N4O2. The number of rotatable bonds is 5. The summed E-state index contributed by atoms with van der Waals surface area (Å²) in [5.74, 6) is -1.28. The van der Waals surface area contributed by atoms with Gasteiger partial charge in [0.05, 0.1) is 17.1 Å². The van der Waals surface area contributed by atoms with E-state index >= 15 is 0 Å². The van der Waals surface area contributed by atoms with Gasteiger partial charge in [-0.1, -0.05) is 30.7 Å². The molecule has 0 spiro atoms. The van der Waals surface area contributed by atoms with E-state index in [-0.39, 0.29) is 23.2 Å². The number of halogens is 3. The van der Waals surface area contributed by atoms with Crippen molar-refractivity contribution < 1.29 is 18.4 Å². The zero-order valence-electron chi connectivity index (χ0n) is 15.9. The van der Waals surface area contributed by atoms with Gasteiger partial charge in [-0.2, -0.15) is 5.10 Å². The molecule has 1 aromatic heterocycles. The van der Waals surface area contributed by atoms with Crippen LogP contribution in [0.15, 0.2) is 42.5 Å². The number of fused-ring (bicyclic) bond motifs is 1. The Bertz CT molecular complexity index is 1140. The second-order valence-electron chi connectivity index (χ2n) is 6.86. The molecule has 6 nitrogen and oxygen atoms in total. The van der Waals surface area contributed by atoms with Gasteiger partial charge in [-0.25, -0.2) is 13.5 Å². The Morgan fingerprint density at radius 1 is 1.23 bits per heavy atom. The number of aryl methyl sites for hydroxylation is 1. The Hall–Kier alpha value is -3.26. The first-order valence-corrected chi connectivity index (χ1v) is 9.68. The molecule has 1 unspecified atom stereocenters. The van der Waals surface area contributed by atoms with E-state index in [1.165, 1.54) is 28.9 Å². The third-order valence-corrected chi connectivity index (χ3v) is 5.16. The van der Waals surface area contributed by atoms with Crippen molar-refractivity contribution in [2.45, 2.75) is 25.8 Å². The number of nitrogens with one attached hydrogen (secondary N) is 2. The predicted octanol–water partition coefficient (Wildman–Crippen LogP) is 4.57. The average Bonchev–Trinajstić information content (AvgIpc) is 3.21. The van der Waals surface area contributed by atoms with Gasteiger partial charge in [-0.05, 0) is 42.3 Å². The van der Waals surface area contributed by atoms with Crippen LogP contribution in [-0.4, -0.2) is 21.6 Å². The monoisotopic (exact) mass is 430 g/mol. The summed E-state index contributed by atoms with van der Waals surface area (Å²) in [7, 11) is 0. The van der Waals surface area contributed by atoms with Gasteiger partial charge in [-0.3, -0.25) is 9.59 Å². The highest BCUT2D eigenvalue weighted by atomic mass is 35.5. The van der Waals surface area contributed by atoms with Crippen LogP contribution in [0.2, 0.25) is 5.02 Å². The van der Waals surface area contributed by atoms with Crippen molar-refractivity contribution in [3.05, 3.63) is 64.8 Å². The first-order valence-electron chi connectivity index (χ1n) is 9.30. The number of carbonyl (C=O) groups excluding carboxylic acids is 2. The number of benzene rings is 2. The van der Waals surface area contributed by atoms with Gasteiger partial charge in [0.1, 0.15) is 23.5 Å². The van der Waals surface area contributed by atoms with E-state index in [2.05, 4.69) is 15.7 Å². The van der Waals surface area contributed by atoms with Crippen molar-refractivity contribution in [1.82, 2.24) is 9.78 Å². The van der Waals surface area contributed by atoms with Crippen LogP contribution in [0.25, 0.3) is 11.1 Å². The van der Waals surface area contributed by atoms with Crippen LogP contribution in [-0.2, 0) is 16.0 Å². The molecule has 0 saturated heterocycles. The van der Waals surface area contributed by atoms with Crippen molar-refractivity contribution >= 4 is 34.9 Å². The second-order valence-corrected chi connectivity index (χ2v) is 7.27. The number of hydrogen-bond acceptors (Lipinski definition) is 3. The van der Waals surface area contributed by atoms with Crippen LogP contribution in [0.4, 0.5) is 20.3 Å². The lowest BCUT2D eigenvalue weighted by Gasteiger charge is -2.10. The maximum Gasteiger partial charge on any atom is 0.251 e. The molecule has 0 bridgehead atoms. The molecule has 0 fully saturated rings. The maximum atomic E-state index is 13.3. The lowest BCUT2D eigenvalue weighted by molar-refractivity contribution is -0.123. The molecule has 2 N–H and O–H groups in total. The molecule has 2 heterocycles. The Balaban J connectivity index is 1.60. The van der Waals surface area contributed by atoms with Gasteiger partial charge in [0.2, 0.25) is 5.91 Å². The van der Waals surface area contributed by atoms with Gasteiger partial charge >= 0.3 is 0 Å². The molecule has 0 saturated carbocycles. The smallest absolute Gasteiger partial charge is 0.251 e. The van der Waals surface area contributed by atoms with E-state index in [1.807, 2.05) is 6.92 Å². The van der Waals surface area contributed by atoms with Crippen LogP contribution in [0.5, 0.6) is 0 Å². The quantitative estimate of drug-likeness (QED) is 0.622. The Morgan fingerprint density at radius 2 is 1.97 bits per heavy atom. The number of carbonyl (C=O) groups is 2. The standard InChI is InChI=1S/C21H17ClF2N4O2/c1-2-16-19(11-3-5-12(23)6-4-11)20-26-21(30)17(28(20)27-16)10-18(29)25-13-7-8-15(24)14(22)9-13/h3-9,17H,2,10H2,1H3,(H,25,29)(H,26,30). The summed E-state index contributed by atoms with van der Waals surface area (Å²) in [6.07, 6.45) is 0.428. The van der Waals surface area contributed by atoms with Crippen LogP contribution in [0.1, 0.15) is 25.1 Å². The molecule has 9 heteroatoms. The lowest BCUT2D eigenvalue weighted by Crippen LogP contribution is -2.24. The molecule has 4 rings (SSSR count). The summed E-state index contributed by atoms with van der Waals surface area (Å²) in [6, 6.07) is 8.92. The SMILES string of the molecule is CCc1nn2c(c1-c1ccc(F)cc1)NC(=O)C2CC(=O)Nc1ccc(F)c(Cl)c1. The fourth-order valence-electron chi connectivity index (χ4n) is 3.45. The third-order valence-electron chi connectivity index (χ3n) is 4.87. The first-order chi connectivity index (χ1) is 14.4. The van der Waals surface area contributed by atoms with Gasteiger partial charge in [-0.15, -0.1) is 0 Å². The lowest BCUT2D eigenvalue weighted by atomic mass is 10.0. The van der Waals surface area contributed by atoms with Crippen molar-refractivity contribution in [3.8, 4) is 11.1 Å². The van der Waals surface area contributed by atoms with Gasteiger partial charge in [0.15, 0.2) is 0 Å². The van der Waals surface area contributed by atoms with E-state index in [9.17, 15) is 18.4 Å². The maximum absolute atomic E-state index is 13.3. The largest absolute Gasteiger partial charge is 0.326 e. The van der Waals surface area contributed by atoms with E-state index in [0.717, 1.165) is 17.3 Å². The summed E-state index contributed by atoms with van der Waals surface area (Å²) >= 11 is 5.73. The third kappa shape index (κ3) is 3.66. The Labute approximate surface area is 175 Å². The van der Waals surface area contributed by atoms with Crippen LogP contribution < -0.4 is 10.6 Å². The van der Waals surface area contributed by atoms with E-state index in [0.29, 0.717) is 23.5 Å². The zero-order chi connectivity index (χ0) is 21.4. The second kappa shape index (κ2) is 7.87. The van der Waals surface area contributed by atoms with Crippen LogP contribution >= 0.6 is 11.6 Å². The molecule has 154 valence electrons. The summed E-state index contributed by atoms with van der Waals surface area (Å²) in [5, 5.41) is 9.80. The Kier molecular flexibility index (Phi) is 5.26. The average molecular weight is 431 g/mol. The number of hydrogen-bond donors (Lipinski definition) is 2. The van der Waals surface area contributed by atoms with E-state index in [4.69, 9.17) is 11.6 Å². The molecule has 0 aliphatic carbocycles. The van der Waals surface area contributed by atoms with Crippen molar-refractivity contribution in [1.29, 1.82) is 0 Å². The highest BCUT2D eigenvalue weighted by Crippen LogP contribution is 2.38. The van der Waals surface area contributed by atoms with Gasteiger partial charge in [0, 0.05) is 11.3 Å². The molecule has 30 heavy (non-hydrogen) atoms. The minimum Gasteiger partial charge on any atom is -0.326 e. The summed E-state index contributed by atoms with van der Waals surface area (Å²) < 4.78 is 28.1. The van der Waals surface area contributed by atoms with Gasteiger partial charge < -0.3 is 10.6 Å². The first kappa shape index (κ1) is 20.0. The van der Waals surface area contributed by atoms with E-state index < -0.39 is 17.8 Å². The van der Waals surface area contributed by atoms with Crippen molar-refractivity contribution in [2.24, 2.45) is 0 Å². The molecule has 1 aliphatic rings. The molecule has 1 atom stereocenters. The Morgan fingerprint density at radius 3 is 2.63 bits per heavy atom. The number of anilines is 2. The summed E-state index contributed by atoms with van der Waals surface area (Å²) in [4.78, 5) is 25.0. The van der Waals surface area contributed by atoms with Crippen LogP contribution in [0.3, 0.4) is 0 Å². The predicted molar refractivity (Wildman–Crippen MR) is 109 cm³/mol. The van der Waals surface area contributed by atoms with Crippen LogP contribution in [0, 0.1) is 11.6 Å². The minimum absolute atomic E-state index is 0.114. The highest BCUT2D eigenvalue weighted by Gasteiger charge is 2.36. The number of amides is 2. The van der Waals surface area contributed by atoms with Crippen molar-refractivity contribution in [3.63, 3.8) is 0 Å². The molecule has 3 aromatic rings. The molecular weight excluding hydrogens is 414 g/mol. The number of aromatic nitrogens is 2. The normalized spacial score (nSPS) is 15.1. The van der Waals surface area contributed by atoms with E-state index in [1.54, 1.807) is 12.1 Å². The molecule has 2 amide bonds. The highest BCUT2D eigenvalue weighted by molar-refractivity contribution is 6.31. The zero-order valence-corrected chi connectivity index (χ0v) is 16.6. The fourth-order valence-corrected chi connectivity index (χ4v) is 3.63. The molecule has 2 aromatic carbocycles. The topological polar surface area (TPSA) is 76.0 Å².